The SMILES string of the molecule is CC(CC(=O)N(C)Cc1nccn1C(F)F)C1CCCNC1.Cl.Cl. The summed E-state index contributed by atoms with van der Waals surface area (Å²) in [4.78, 5) is 17.7. The van der Waals surface area contributed by atoms with Gasteiger partial charge in [-0.15, -0.1) is 24.8 Å². The van der Waals surface area contributed by atoms with Crippen molar-refractivity contribution in [3.05, 3.63) is 18.2 Å². The summed E-state index contributed by atoms with van der Waals surface area (Å²) in [6.45, 7) is 1.56. The maximum Gasteiger partial charge on any atom is 0.319 e. The topological polar surface area (TPSA) is 50.2 Å². The second-order valence-electron chi connectivity index (χ2n) is 6.07. The van der Waals surface area contributed by atoms with Crippen LogP contribution >= 0.6 is 24.8 Å². The predicted molar refractivity (Wildman–Crippen MR) is 93.8 cm³/mol. The smallest absolute Gasteiger partial charge is 0.319 e. The van der Waals surface area contributed by atoms with Crippen molar-refractivity contribution in [3.63, 3.8) is 0 Å². The summed E-state index contributed by atoms with van der Waals surface area (Å²) < 4.78 is 26.3. The number of aromatic nitrogens is 2. The lowest BCUT2D eigenvalue weighted by Gasteiger charge is -2.29. The highest BCUT2D eigenvalue weighted by atomic mass is 35.5. The van der Waals surface area contributed by atoms with Gasteiger partial charge in [-0.1, -0.05) is 6.92 Å². The molecule has 2 unspecified atom stereocenters. The van der Waals surface area contributed by atoms with Gasteiger partial charge in [-0.25, -0.2) is 4.98 Å². The van der Waals surface area contributed by atoms with Crippen molar-refractivity contribution < 1.29 is 13.6 Å². The van der Waals surface area contributed by atoms with Crippen LogP contribution in [0.4, 0.5) is 8.78 Å². The zero-order valence-electron chi connectivity index (χ0n) is 14.0. The number of hydrogen-bond acceptors (Lipinski definition) is 3. The van der Waals surface area contributed by atoms with Crippen LogP contribution in [0.2, 0.25) is 0 Å². The lowest BCUT2D eigenvalue weighted by atomic mass is 9.85. The molecule has 9 heteroatoms. The Balaban J connectivity index is 0.00000264. The summed E-state index contributed by atoms with van der Waals surface area (Å²) in [5.41, 5.74) is 0. The third-order valence-corrected chi connectivity index (χ3v) is 4.40. The molecule has 1 aliphatic rings. The molecule has 0 aromatic carbocycles. The minimum Gasteiger partial charge on any atom is -0.338 e. The summed E-state index contributed by atoms with van der Waals surface area (Å²) in [5.74, 6) is 0.978. The first kappa shape index (κ1) is 23.1. The van der Waals surface area contributed by atoms with Crippen molar-refractivity contribution in [1.82, 2.24) is 19.8 Å². The molecule has 2 rings (SSSR count). The van der Waals surface area contributed by atoms with Crippen molar-refractivity contribution in [1.29, 1.82) is 0 Å². The Kier molecular flexibility index (Phi) is 10.4. The van der Waals surface area contributed by atoms with E-state index in [2.05, 4.69) is 17.2 Å². The molecule has 1 N–H and O–H groups in total. The van der Waals surface area contributed by atoms with Crippen LogP contribution in [0.5, 0.6) is 0 Å². The van der Waals surface area contributed by atoms with Gasteiger partial charge >= 0.3 is 6.55 Å². The number of alkyl halides is 2. The monoisotopic (exact) mass is 386 g/mol. The number of imidazole rings is 1. The van der Waals surface area contributed by atoms with Crippen LogP contribution in [-0.4, -0.2) is 40.5 Å². The van der Waals surface area contributed by atoms with Gasteiger partial charge in [-0.3, -0.25) is 9.36 Å². The van der Waals surface area contributed by atoms with Crippen LogP contribution in [0.25, 0.3) is 0 Å². The van der Waals surface area contributed by atoms with Gasteiger partial charge in [0.2, 0.25) is 5.91 Å². The quantitative estimate of drug-likeness (QED) is 0.816. The van der Waals surface area contributed by atoms with Gasteiger partial charge in [0.1, 0.15) is 5.82 Å². The number of halogens is 4. The summed E-state index contributed by atoms with van der Waals surface area (Å²) in [6, 6.07) is 0. The summed E-state index contributed by atoms with van der Waals surface area (Å²) in [5, 5.41) is 3.35. The van der Waals surface area contributed by atoms with Crippen LogP contribution in [0.15, 0.2) is 12.4 Å². The highest BCUT2D eigenvalue weighted by Gasteiger charge is 2.24. The lowest BCUT2D eigenvalue weighted by Crippen LogP contribution is -2.36. The molecule has 140 valence electrons. The lowest BCUT2D eigenvalue weighted by molar-refractivity contribution is -0.132. The Hall–Kier alpha value is -0.920. The Bertz CT molecular complexity index is 496. The average molecular weight is 387 g/mol. The molecule has 2 heterocycles. The van der Waals surface area contributed by atoms with Crippen molar-refractivity contribution in [2.24, 2.45) is 11.8 Å². The van der Waals surface area contributed by atoms with Crippen molar-refractivity contribution >= 4 is 30.7 Å². The van der Waals surface area contributed by atoms with E-state index in [-0.39, 0.29) is 49.0 Å². The molecule has 0 bridgehead atoms. The number of amides is 1. The third-order valence-electron chi connectivity index (χ3n) is 4.40. The molecule has 1 amide bonds. The summed E-state index contributed by atoms with van der Waals surface area (Å²) in [7, 11) is 1.64. The molecule has 0 radical (unpaired) electrons. The van der Waals surface area contributed by atoms with Gasteiger partial charge in [0.05, 0.1) is 6.54 Å². The van der Waals surface area contributed by atoms with E-state index in [1.165, 1.54) is 17.3 Å². The summed E-state index contributed by atoms with van der Waals surface area (Å²) >= 11 is 0. The van der Waals surface area contributed by atoms with Gasteiger partial charge in [0.25, 0.3) is 0 Å². The third kappa shape index (κ3) is 6.18. The summed E-state index contributed by atoms with van der Waals surface area (Å²) in [6.07, 6.45) is 5.29. The van der Waals surface area contributed by atoms with E-state index < -0.39 is 6.55 Å². The van der Waals surface area contributed by atoms with Crippen molar-refractivity contribution in [3.8, 4) is 0 Å². The van der Waals surface area contributed by atoms with E-state index in [1.807, 2.05) is 0 Å². The molecule has 1 aromatic rings. The number of nitrogens with one attached hydrogen (secondary N) is 1. The number of rotatable bonds is 6. The fourth-order valence-corrected chi connectivity index (χ4v) is 2.91. The standard InChI is InChI=1S/C15H24F2N4O.2ClH/c1-11(12-4-3-5-18-9-12)8-14(22)20(2)10-13-19-6-7-21(13)15(16)17;;/h6-7,11-12,15,18H,3-5,8-10H2,1-2H3;2*1H. The minimum atomic E-state index is -2.63. The van der Waals surface area contributed by atoms with Crippen molar-refractivity contribution in [2.75, 3.05) is 20.1 Å². The molecule has 1 aliphatic heterocycles. The predicted octanol–water partition coefficient (Wildman–Crippen LogP) is 3.11. The average Bonchev–Trinajstić information content (AvgIpc) is 2.96. The highest BCUT2D eigenvalue weighted by molar-refractivity contribution is 5.85. The highest BCUT2D eigenvalue weighted by Crippen LogP contribution is 2.23. The van der Waals surface area contributed by atoms with Crippen molar-refractivity contribution in [2.45, 2.75) is 39.3 Å². The molecule has 1 saturated heterocycles. The second kappa shape index (κ2) is 10.8. The first-order valence-electron chi connectivity index (χ1n) is 7.73. The molecule has 24 heavy (non-hydrogen) atoms. The van der Waals surface area contributed by atoms with Gasteiger partial charge in [0, 0.05) is 25.9 Å². The largest absolute Gasteiger partial charge is 0.338 e. The van der Waals surface area contributed by atoms with Gasteiger partial charge < -0.3 is 10.2 Å². The Labute approximate surface area is 154 Å². The van der Waals surface area contributed by atoms with Gasteiger partial charge in [-0.2, -0.15) is 8.78 Å². The maximum absolute atomic E-state index is 12.8. The zero-order chi connectivity index (χ0) is 16.1. The number of hydrogen-bond donors (Lipinski definition) is 1. The van der Waals surface area contributed by atoms with Gasteiger partial charge in [0.15, 0.2) is 0 Å². The molecule has 0 saturated carbocycles. The number of nitrogens with zero attached hydrogens (tertiary/aromatic N) is 3. The van der Waals surface area contributed by atoms with E-state index in [0.29, 0.717) is 12.3 Å². The second-order valence-corrected chi connectivity index (χ2v) is 6.07. The molecular weight excluding hydrogens is 361 g/mol. The first-order chi connectivity index (χ1) is 10.5. The Morgan fingerprint density at radius 3 is 2.79 bits per heavy atom. The Morgan fingerprint density at radius 1 is 1.50 bits per heavy atom. The van der Waals surface area contributed by atoms with Crippen LogP contribution in [-0.2, 0) is 11.3 Å². The fourth-order valence-electron chi connectivity index (χ4n) is 2.91. The number of carbonyl (C=O) groups excluding carboxylic acids is 1. The molecule has 1 fully saturated rings. The molecule has 5 nitrogen and oxygen atoms in total. The zero-order valence-corrected chi connectivity index (χ0v) is 15.6. The normalized spacial score (nSPS) is 18.5. The fraction of sp³-hybridized carbons (Fsp3) is 0.733. The molecular formula is C15H26Cl2F2N4O. The maximum atomic E-state index is 12.8. The van der Waals surface area contributed by atoms with E-state index in [1.54, 1.807) is 7.05 Å². The van der Waals surface area contributed by atoms with Crippen LogP contribution in [0, 0.1) is 11.8 Å². The molecule has 1 aromatic heterocycles. The van der Waals surface area contributed by atoms with E-state index in [0.717, 1.165) is 30.5 Å². The van der Waals surface area contributed by atoms with E-state index in [9.17, 15) is 13.6 Å². The van der Waals surface area contributed by atoms with Crippen LogP contribution < -0.4 is 5.32 Å². The van der Waals surface area contributed by atoms with Crippen LogP contribution in [0.1, 0.15) is 38.6 Å². The molecule has 0 spiro atoms. The van der Waals surface area contributed by atoms with E-state index in [4.69, 9.17) is 0 Å². The van der Waals surface area contributed by atoms with Crippen LogP contribution in [0.3, 0.4) is 0 Å². The molecule has 0 aliphatic carbocycles. The molecule has 2 atom stereocenters. The van der Waals surface area contributed by atoms with Gasteiger partial charge in [-0.05, 0) is 37.8 Å². The minimum absolute atomic E-state index is 0. The number of carbonyl (C=O) groups is 1. The number of piperidine rings is 1. The van der Waals surface area contributed by atoms with E-state index >= 15 is 0 Å². The Morgan fingerprint density at radius 2 is 2.21 bits per heavy atom. The first-order valence-corrected chi connectivity index (χ1v) is 7.73.